The molecular weight excluding hydrogens is 289 g/mol. The Bertz CT molecular complexity index is 457. The molecule has 1 saturated heterocycles. The molecule has 1 aromatic rings. The summed E-state index contributed by atoms with van der Waals surface area (Å²) in [5.74, 6) is 0.548. The normalized spacial score (nSPS) is 19.2. The highest BCUT2D eigenvalue weighted by Crippen LogP contribution is 2.26. The van der Waals surface area contributed by atoms with Gasteiger partial charge in [-0.15, -0.1) is 12.4 Å². The molecule has 1 aromatic carbocycles. The number of benzene rings is 1. The lowest BCUT2D eigenvalue weighted by Crippen LogP contribution is -2.22. The molecule has 1 aliphatic rings. The Kier molecular flexibility index (Phi) is 6.00. The van der Waals surface area contributed by atoms with Crippen LogP contribution in [0.2, 0.25) is 5.02 Å². The Hall–Kier alpha value is -0.880. The van der Waals surface area contributed by atoms with Crippen LogP contribution < -0.4 is 5.73 Å². The molecule has 1 aliphatic heterocycles. The highest BCUT2D eigenvalue weighted by molar-refractivity contribution is 6.32. The molecule has 106 valence electrons. The van der Waals surface area contributed by atoms with Gasteiger partial charge in [-0.25, -0.2) is 0 Å². The van der Waals surface area contributed by atoms with Gasteiger partial charge in [-0.1, -0.05) is 17.7 Å². The molecule has 1 atom stereocenters. The number of nitro groups is 1. The first-order chi connectivity index (χ1) is 8.60. The van der Waals surface area contributed by atoms with Crippen molar-refractivity contribution in [3.8, 4) is 0 Å². The van der Waals surface area contributed by atoms with Crippen LogP contribution in [0.15, 0.2) is 18.2 Å². The molecule has 1 fully saturated rings. The average Bonchev–Trinajstić information content (AvgIpc) is 2.79. The van der Waals surface area contributed by atoms with E-state index >= 15 is 0 Å². The third-order valence-corrected chi connectivity index (χ3v) is 3.64. The fourth-order valence-corrected chi connectivity index (χ4v) is 2.49. The Morgan fingerprint density at radius 3 is 2.84 bits per heavy atom. The second-order valence-electron chi connectivity index (χ2n) is 4.67. The third kappa shape index (κ3) is 4.04. The SMILES string of the molecule is Cl.NCC1CCN(Cc2ccc(Cl)c([N+](=O)[O-])c2)C1. The standard InChI is InChI=1S/C12H16ClN3O2.ClH/c13-11-2-1-9(5-12(11)16(17)18)7-15-4-3-10(6-14)8-15;/h1-2,5,10H,3-4,6-8,14H2;1H. The van der Waals surface area contributed by atoms with Crippen molar-refractivity contribution < 1.29 is 4.92 Å². The van der Waals surface area contributed by atoms with Gasteiger partial charge in [-0.05, 0) is 37.1 Å². The summed E-state index contributed by atoms with van der Waals surface area (Å²) in [5, 5.41) is 11.0. The molecule has 7 heteroatoms. The number of nitrogens with zero attached hydrogens (tertiary/aromatic N) is 2. The number of nitro benzene ring substituents is 1. The van der Waals surface area contributed by atoms with Gasteiger partial charge in [0.2, 0.25) is 0 Å². The molecule has 2 N–H and O–H groups in total. The molecule has 0 spiro atoms. The van der Waals surface area contributed by atoms with Crippen LogP contribution in [0.5, 0.6) is 0 Å². The maximum Gasteiger partial charge on any atom is 0.288 e. The van der Waals surface area contributed by atoms with E-state index in [1.807, 2.05) is 6.07 Å². The fraction of sp³-hybridized carbons (Fsp3) is 0.500. The summed E-state index contributed by atoms with van der Waals surface area (Å²) in [5.41, 5.74) is 6.54. The summed E-state index contributed by atoms with van der Waals surface area (Å²) < 4.78 is 0. The lowest BCUT2D eigenvalue weighted by molar-refractivity contribution is -0.384. The topological polar surface area (TPSA) is 72.4 Å². The van der Waals surface area contributed by atoms with Crippen molar-refractivity contribution in [2.75, 3.05) is 19.6 Å². The average molecular weight is 306 g/mol. The molecule has 0 bridgehead atoms. The number of hydrogen-bond acceptors (Lipinski definition) is 4. The number of halogens is 2. The van der Waals surface area contributed by atoms with Crippen LogP contribution in [-0.2, 0) is 6.54 Å². The Morgan fingerprint density at radius 2 is 2.26 bits per heavy atom. The molecule has 0 radical (unpaired) electrons. The zero-order chi connectivity index (χ0) is 13.1. The van der Waals surface area contributed by atoms with Crippen LogP contribution in [0.3, 0.4) is 0 Å². The molecule has 0 aromatic heterocycles. The van der Waals surface area contributed by atoms with Gasteiger partial charge in [0.1, 0.15) is 5.02 Å². The summed E-state index contributed by atoms with van der Waals surface area (Å²) in [7, 11) is 0. The smallest absolute Gasteiger partial charge is 0.288 e. The predicted octanol–water partition coefficient (Wildman–Crippen LogP) is 2.45. The van der Waals surface area contributed by atoms with Crippen LogP contribution in [0, 0.1) is 16.0 Å². The number of hydrogen-bond donors (Lipinski definition) is 1. The van der Waals surface area contributed by atoms with Crippen molar-refractivity contribution in [3.05, 3.63) is 38.9 Å². The predicted molar refractivity (Wildman–Crippen MR) is 77.8 cm³/mol. The largest absolute Gasteiger partial charge is 0.330 e. The number of rotatable bonds is 4. The minimum absolute atomic E-state index is 0. The zero-order valence-electron chi connectivity index (χ0n) is 10.4. The summed E-state index contributed by atoms with van der Waals surface area (Å²) in [6.45, 7) is 3.39. The summed E-state index contributed by atoms with van der Waals surface area (Å²) in [4.78, 5) is 12.6. The van der Waals surface area contributed by atoms with E-state index in [4.69, 9.17) is 17.3 Å². The fourth-order valence-electron chi connectivity index (χ4n) is 2.30. The Morgan fingerprint density at radius 1 is 1.53 bits per heavy atom. The van der Waals surface area contributed by atoms with E-state index in [2.05, 4.69) is 4.90 Å². The first-order valence-corrected chi connectivity index (χ1v) is 6.33. The van der Waals surface area contributed by atoms with Crippen molar-refractivity contribution in [3.63, 3.8) is 0 Å². The van der Waals surface area contributed by atoms with E-state index in [0.29, 0.717) is 19.0 Å². The zero-order valence-corrected chi connectivity index (χ0v) is 12.0. The molecule has 1 heterocycles. The van der Waals surface area contributed by atoms with Gasteiger partial charge in [0.25, 0.3) is 5.69 Å². The minimum atomic E-state index is -0.446. The van der Waals surface area contributed by atoms with Crippen LogP contribution >= 0.6 is 24.0 Å². The number of likely N-dealkylation sites (tertiary alicyclic amines) is 1. The van der Waals surface area contributed by atoms with Crippen molar-refractivity contribution in [1.29, 1.82) is 0 Å². The first-order valence-electron chi connectivity index (χ1n) is 5.95. The monoisotopic (exact) mass is 305 g/mol. The number of nitrogens with two attached hydrogens (primary N) is 1. The van der Waals surface area contributed by atoms with Gasteiger partial charge < -0.3 is 5.73 Å². The summed E-state index contributed by atoms with van der Waals surface area (Å²) in [6.07, 6.45) is 1.10. The van der Waals surface area contributed by atoms with Crippen molar-refractivity contribution in [2.45, 2.75) is 13.0 Å². The molecule has 2 rings (SSSR count). The molecule has 5 nitrogen and oxygen atoms in total. The van der Waals surface area contributed by atoms with Gasteiger partial charge >= 0.3 is 0 Å². The maximum absolute atomic E-state index is 10.8. The Balaban J connectivity index is 0.00000180. The minimum Gasteiger partial charge on any atom is -0.330 e. The van der Waals surface area contributed by atoms with E-state index < -0.39 is 4.92 Å². The van der Waals surface area contributed by atoms with Crippen molar-refractivity contribution in [2.24, 2.45) is 11.7 Å². The third-order valence-electron chi connectivity index (χ3n) is 3.32. The highest BCUT2D eigenvalue weighted by Gasteiger charge is 2.22. The van der Waals surface area contributed by atoms with Crippen LogP contribution in [0.1, 0.15) is 12.0 Å². The van der Waals surface area contributed by atoms with E-state index in [1.165, 1.54) is 0 Å². The van der Waals surface area contributed by atoms with E-state index in [9.17, 15) is 10.1 Å². The quantitative estimate of drug-likeness (QED) is 0.685. The lowest BCUT2D eigenvalue weighted by atomic mass is 10.1. The summed E-state index contributed by atoms with van der Waals surface area (Å²) >= 11 is 5.78. The second kappa shape index (κ2) is 7.05. The van der Waals surface area contributed by atoms with Crippen LogP contribution in [0.25, 0.3) is 0 Å². The van der Waals surface area contributed by atoms with Crippen LogP contribution in [0.4, 0.5) is 5.69 Å². The van der Waals surface area contributed by atoms with Crippen molar-refractivity contribution in [1.82, 2.24) is 4.90 Å². The van der Waals surface area contributed by atoms with Gasteiger partial charge in [0, 0.05) is 19.2 Å². The molecule has 1 unspecified atom stereocenters. The van der Waals surface area contributed by atoms with Gasteiger partial charge in [0.05, 0.1) is 4.92 Å². The van der Waals surface area contributed by atoms with Gasteiger partial charge in [0.15, 0.2) is 0 Å². The molecule has 0 aliphatic carbocycles. The Labute approximate surface area is 123 Å². The molecule has 0 saturated carbocycles. The van der Waals surface area contributed by atoms with Crippen molar-refractivity contribution >= 4 is 29.7 Å². The second-order valence-corrected chi connectivity index (χ2v) is 5.08. The lowest BCUT2D eigenvalue weighted by Gasteiger charge is -2.15. The molecular formula is C12H17Cl2N3O2. The molecule has 0 amide bonds. The van der Waals surface area contributed by atoms with Gasteiger partial charge in [-0.2, -0.15) is 0 Å². The molecule has 19 heavy (non-hydrogen) atoms. The van der Waals surface area contributed by atoms with Crippen LogP contribution in [-0.4, -0.2) is 29.5 Å². The highest BCUT2D eigenvalue weighted by atomic mass is 35.5. The van der Waals surface area contributed by atoms with E-state index in [0.717, 1.165) is 25.1 Å². The van der Waals surface area contributed by atoms with E-state index in [-0.39, 0.29) is 23.1 Å². The first kappa shape index (κ1) is 16.2. The summed E-state index contributed by atoms with van der Waals surface area (Å²) in [6, 6.07) is 4.98. The van der Waals surface area contributed by atoms with E-state index in [1.54, 1.807) is 12.1 Å². The maximum atomic E-state index is 10.8. The van der Waals surface area contributed by atoms with Gasteiger partial charge in [-0.3, -0.25) is 15.0 Å².